The summed E-state index contributed by atoms with van der Waals surface area (Å²) in [4.78, 5) is 64.6. The van der Waals surface area contributed by atoms with Crippen LogP contribution in [0.5, 0.6) is 0 Å². The van der Waals surface area contributed by atoms with Crippen LogP contribution in [-0.2, 0) is 26.2 Å². The second kappa shape index (κ2) is 15.3. The van der Waals surface area contributed by atoms with Gasteiger partial charge in [0.25, 0.3) is 5.91 Å². The van der Waals surface area contributed by atoms with Crippen LogP contribution in [0.1, 0.15) is 90.8 Å². The molecular formula is C41H43F5N8O5. The summed E-state index contributed by atoms with van der Waals surface area (Å²) in [7, 11) is 0. The Hall–Kier alpha value is -5.49. The number of rotatable bonds is 8. The molecule has 8 rings (SSSR count). The van der Waals surface area contributed by atoms with E-state index >= 15 is 8.78 Å². The molecule has 1 aromatic carbocycles. The lowest BCUT2D eigenvalue weighted by molar-refractivity contribution is -0.143. The van der Waals surface area contributed by atoms with E-state index in [4.69, 9.17) is 4.98 Å². The first kappa shape index (κ1) is 40.3. The minimum absolute atomic E-state index is 0.00415. The van der Waals surface area contributed by atoms with Gasteiger partial charge in [0.15, 0.2) is 0 Å². The van der Waals surface area contributed by atoms with Crippen LogP contribution >= 0.6 is 0 Å². The van der Waals surface area contributed by atoms with Gasteiger partial charge in [0.1, 0.15) is 28.7 Å². The highest BCUT2D eigenvalue weighted by atomic mass is 19.4. The molecule has 18 heteroatoms. The quantitative estimate of drug-likeness (QED) is 0.166. The maximum absolute atomic E-state index is 15.2. The summed E-state index contributed by atoms with van der Waals surface area (Å²) < 4.78 is 71.8. The third kappa shape index (κ3) is 8.11. The Morgan fingerprint density at radius 1 is 0.915 bits per heavy atom. The molecule has 4 aromatic rings. The third-order valence-corrected chi connectivity index (χ3v) is 12.0. The number of alkyl halides is 3. The molecule has 13 nitrogen and oxygen atoms in total. The monoisotopic (exact) mass is 822 g/mol. The molecule has 3 aromatic heterocycles. The van der Waals surface area contributed by atoms with E-state index < -0.39 is 58.4 Å². The molecule has 7 heterocycles. The van der Waals surface area contributed by atoms with Crippen molar-refractivity contribution in [2.45, 2.75) is 75.6 Å². The van der Waals surface area contributed by atoms with Crippen LogP contribution in [0.3, 0.4) is 0 Å². The maximum atomic E-state index is 15.2. The fraction of sp³-hybridized carbons (Fsp3) is 0.463. The Labute approximate surface area is 335 Å². The average molecular weight is 823 g/mol. The number of benzene rings is 1. The van der Waals surface area contributed by atoms with Crippen LogP contribution in [0.15, 0.2) is 48.8 Å². The lowest BCUT2D eigenvalue weighted by Gasteiger charge is -2.48. The Kier molecular flexibility index (Phi) is 10.4. The predicted octanol–water partition coefficient (Wildman–Crippen LogP) is 4.94. The van der Waals surface area contributed by atoms with Crippen molar-refractivity contribution in [1.29, 1.82) is 0 Å². The summed E-state index contributed by atoms with van der Waals surface area (Å²) in [5.41, 5.74) is -1.20. The molecule has 0 bridgehead atoms. The van der Waals surface area contributed by atoms with E-state index in [0.29, 0.717) is 49.5 Å². The number of nitrogens with zero attached hydrogens (tertiary/aromatic N) is 6. The van der Waals surface area contributed by atoms with E-state index in [1.54, 1.807) is 21.6 Å². The molecule has 2 atom stereocenters. The SMILES string of the molecule is CC(C)(O)c1cc2nc(C3CCN(C4CN(C(=O)[C@@H]5CCN(c6cc(F)c([C@H]7CCC(=O)NC7=O)c(F)c6)C5)C4)CC3)cn2cc1NC(=O)c1cccc(C(F)(F)F)n1. The molecular weight excluding hydrogens is 779 g/mol. The molecule has 4 aliphatic heterocycles. The zero-order valence-corrected chi connectivity index (χ0v) is 32.4. The number of carbonyl (C=O) groups excluding carboxylic acids is 4. The number of anilines is 2. The number of halogens is 5. The first-order chi connectivity index (χ1) is 27.9. The molecule has 0 spiro atoms. The smallest absolute Gasteiger partial charge is 0.386 e. The van der Waals surface area contributed by atoms with E-state index in [1.165, 1.54) is 32.0 Å². The van der Waals surface area contributed by atoms with Crippen molar-refractivity contribution >= 4 is 40.7 Å². The van der Waals surface area contributed by atoms with Gasteiger partial charge in [-0.1, -0.05) is 6.07 Å². The number of piperidine rings is 2. The summed E-state index contributed by atoms with van der Waals surface area (Å²) in [6.07, 6.45) is 0.915. The molecule has 0 radical (unpaired) electrons. The number of hydrogen-bond acceptors (Lipinski definition) is 9. The highest BCUT2D eigenvalue weighted by molar-refractivity contribution is 6.03. The maximum Gasteiger partial charge on any atom is 0.433 e. The normalized spacial score (nSPS) is 21.2. The Bertz CT molecular complexity index is 2310. The molecule has 312 valence electrons. The van der Waals surface area contributed by atoms with Crippen molar-refractivity contribution in [3.63, 3.8) is 0 Å². The van der Waals surface area contributed by atoms with Gasteiger partial charge in [-0.15, -0.1) is 0 Å². The number of imidazole rings is 1. The average Bonchev–Trinajstić information content (AvgIpc) is 3.82. The molecule has 0 aliphatic carbocycles. The van der Waals surface area contributed by atoms with Gasteiger partial charge in [-0.2, -0.15) is 13.2 Å². The van der Waals surface area contributed by atoms with Gasteiger partial charge in [-0.25, -0.2) is 18.7 Å². The highest BCUT2D eigenvalue weighted by Gasteiger charge is 2.41. The lowest BCUT2D eigenvalue weighted by Crippen LogP contribution is -2.63. The van der Waals surface area contributed by atoms with Gasteiger partial charge < -0.3 is 24.6 Å². The van der Waals surface area contributed by atoms with Gasteiger partial charge in [0, 0.05) is 73.8 Å². The van der Waals surface area contributed by atoms with Crippen LogP contribution in [0.2, 0.25) is 0 Å². The molecule has 0 saturated carbocycles. The molecule has 0 unspecified atom stereocenters. The number of nitrogens with one attached hydrogen (secondary N) is 2. The second-order valence-electron chi connectivity index (χ2n) is 16.4. The van der Waals surface area contributed by atoms with Gasteiger partial charge in [0.05, 0.1) is 28.8 Å². The van der Waals surface area contributed by atoms with E-state index in [9.17, 15) is 37.5 Å². The fourth-order valence-corrected chi connectivity index (χ4v) is 8.70. The van der Waals surface area contributed by atoms with E-state index in [2.05, 4.69) is 20.5 Å². The largest absolute Gasteiger partial charge is 0.433 e. The molecule has 3 N–H and O–H groups in total. The van der Waals surface area contributed by atoms with Gasteiger partial charge in [-0.05, 0) is 83.0 Å². The zero-order valence-electron chi connectivity index (χ0n) is 32.4. The van der Waals surface area contributed by atoms with Gasteiger partial charge >= 0.3 is 6.18 Å². The number of hydrogen-bond donors (Lipinski definition) is 3. The van der Waals surface area contributed by atoms with Crippen LogP contribution < -0.4 is 15.5 Å². The number of pyridine rings is 2. The number of likely N-dealkylation sites (tertiary alicyclic amines) is 2. The molecule has 4 saturated heterocycles. The Balaban J connectivity index is 0.852. The van der Waals surface area contributed by atoms with Crippen LogP contribution in [0.25, 0.3) is 5.65 Å². The Morgan fingerprint density at radius 3 is 2.29 bits per heavy atom. The van der Waals surface area contributed by atoms with Gasteiger partial charge in [0.2, 0.25) is 17.7 Å². The van der Waals surface area contributed by atoms with Crippen molar-refractivity contribution in [3.8, 4) is 0 Å². The van der Waals surface area contributed by atoms with Crippen molar-refractivity contribution in [3.05, 3.63) is 88.6 Å². The highest BCUT2D eigenvalue weighted by Crippen LogP contribution is 2.37. The summed E-state index contributed by atoms with van der Waals surface area (Å²) in [5.74, 6) is -5.02. The first-order valence-corrected chi connectivity index (χ1v) is 19.6. The van der Waals surface area contributed by atoms with Crippen molar-refractivity contribution in [2.24, 2.45) is 5.92 Å². The minimum atomic E-state index is -4.72. The summed E-state index contributed by atoms with van der Waals surface area (Å²) in [6.45, 7) is 6.58. The van der Waals surface area contributed by atoms with Crippen LogP contribution in [-0.4, -0.2) is 98.2 Å². The second-order valence-corrected chi connectivity index (χ2v) is 16.4. The van der Waals surface area contributed by atoms with Crippen LogP contribution in [0, 0.1) is 17.6 Å². The van der Waals surface area contributed by atoms with E-state index in [-0.39, 0.29) is 47.9 Å². The summed E-state index contributed by atoms with van der Waals surface area (Å²) >= 11 is 0. The van der Waals surface area contributed by atoms with Crippen LogP contribution in [0.4, 0.5) is 33.3 Å². The minimum Gasteiger partial charge on any atom is -0.386 e. The number of amides is 4. The zero-order chi connectivity index (χ0) is 42.0. The van der Waals surface area contributed by atoms with Crippen molar-refractivity contribution in [2.75, 3.05) is 49.5 Å². The van der Waals surface area contributed by atoms with Crippen molar-refractivity contribution in [1.82, 2.24) is 29.5 Å². The third-order valence-electron chi connectivity index (χ3n) is 12.0. The molecule has 4 amide bonds. The number of aliphatic hydroxyl groups is 1. The molecule has 4 aliphatic rings. The summed E-state index contributed by atoms with van der Waals surface area (Å²) in [6, 6.07) is 7.31. The standard InChI is InChI=1S/C41H43F5N8O5/c1-40(2,59)27-16-34-48-31(20-53(34)21-32(27)49-38(57)30-4-3-5-33(47-30)41(44,45)46)22-8-11-51(12-9-22)25-18-54(19-25)39(58)23-10-13-52(17-23)24-14-28(42)36(29(43)15-24)26-6-7-35(55)50-37(26)56/h3-5,14-16,20-23,25-26,59H,6-13,17-19H2,1-2H3,(H,49,57)(H,50,55,56)/t23-,26-/m1/s1. The predicted molar refractivity (Wildman–Crippen MR) is 203 cm³/mol. The van der Waals surface area contributed by atoms with Crippen molar-refractivity contribution < 1.29 is 46.2 Å². The number of fused-ring (bicyclic) bond motifs is 1. The molecule has 4 fully saturated rings. The topological polar surface area (TPSA) is 152 Å². The number of imide groups is 1. The van der Waals surface area contributed by atoms with Gasteiger partial charge in [-0.3, -0.25) is 29.4 Å². The fourth-order valence-electron chi connectivity index (χ4n) is 8.70. The number of carbonyl (C=O) groups is 4. The first-order valence-electron chi connectivity index (χ1n) is 19.6. The molecule has 59 heavy (non-hydrogen) atoms. The Morgan fingerprint density at radius 2 is 1.63 bits per heavy atom. The number of aromatic nitrogens is 3. The lowest BCUT2D eigenvalue weighted by atomic mass is 9.89. The van der Waals surface area contributed by atoms with E-state index in [1.807, 2.05) is 11.1 Å². The van der Waals surface area contributed by atoms with E-state index in [0.717, 1.165) is 43.8 Å². The summed E-state index contributed by atoms with van der Waals surface area (Å²) in [5, 5.41) is 15.7.